The van der Waals surface area contributed by atoms with Crippen molar-refractivity contribution in [1.82, 2.24) is 20.1 Å². The molecule has 3 rings (SSSR count). The van der Waals surface area contributed by atoms with Crippen molar-refractivity contribution < 1.29 is 13.9 Å². The molecule has 3 aromatic rings. The normalized spacial score (nSPS) is 13.0. The number of ether oxygens (including phenoxy) is 1. The van der Waals surface area contributed by atoms with Gasteiger partial charge >= 0.3 is 0 Å². The van der Waals surface area contributed by atoms with Gasteiger partial charge in [0.25, 0.3) is 0 Å². The Hall–Kier alpha value is -2.87. The minimum atomic E-state index is -0.382. The number of hydrogen-bond acceptors (Lipinski definition) is 5. The van der Waals surface area contributed by atoms with Gasteiger partial charge in [-0.05, 0) is 50.6 Å². The Morgan fingerprint density at radius 2 is 1.87 bits per heavy atom. The number of benzene rings is 2. The van der Waals surface area contributed by atoms with Crippen LogP contribution in [-0.4, -0.2) is 33.0 Å². The Labute approximate surface area is 179 Å². The van der Waals surface area contributed by atoms with E-state index in [1.165, 1.54) is 23.9 Å². The number of methoxy groups -OCH3 is 1. The second-order valence-electron chi connectivity index (χ2n) is 6.79. The molecule has 0 aliphatic heterocycles. The number of nitrogens with one attached hydrogen (secondary N) is 1. The summed E-state index contributed by atoms with van der Waals surface area (Å²) in [6.45, 7) is 6.36. The molecule has 2 atom stereocenters. The van der Waals surface area contributed by atoms with Gasteiger partial charge in [0.15, 0.2) is 11.0 Å². The van der Waals surface area contributed by atoms with E-state index in [4.69, 9.17) is 4.74 Å². The molecule has 0 spiro atoms. The Kier molecular flexibility index (Phi) is 7.10. The first kappa shape index (κ1) is 21.8. The molecule has 0 aliphatic carbocycles. The highest BCUT2D eigenvalue weighted by Gasteiger charge is 2.22. The molecular weight excluding hydrogens is 403 g/mol. The van der Waals surface area contributed by atoms with E-state index in [0.717, 1.165) is 16.9 Å². The molecule has 8 heteroatoms. The number of rotatable bonds is 8. The number of amides is 1. The average Bonchev–Trinajstić information content (AvgIpc) is 3.16. The molecule has 0 saturated carbocycles. The quantitative estimate of drug-likeness (QED) is 0.536. The zero-order chi connectivity index (χ0) is 21.7. The summed E-state index contributed by atoms with van der Waals surface area (Å²) < 4.78 is 20.5. The van der Waals surface area contributed by atoms with Crippen LogP contribution >= 0.6 is 11.8 Å². The first-order valence-electron chi connectivity index (χ1n) is 9.73. The van der Waals surface area contributed by atoms with E-state index in [-0.39, 0.29) is 23.0 Å². The van der Waals surface area contributed by atoms with Crippen LogP contribution in [0.15, 0.2) is 53.7 Å². The molecule has 2 aromatic carbocycles. The molecule has 1 amide bonds. The lowest BCUT2D eigenvalue weighted by molar-refractivity contribution is -0.120. The van der Waals surface area contributed by atoms with E-state index in [2.05, 4.69) is 15.5 Å². The van der Waals surface area contributed by atoms with Gasteiger partial charge in [0.1, 0.15) is 11.6 Å². The number of thioether (sulfide) groups is 1. The highest BCUT2D eigenvalue weighted by atomic mass is 32.2. The Morgan fingerprint density at radius 3 is 2.53 bits per heavy atom. The lowest BCUT2D eigenvalue weighted by Crippen LogP contribution is -2.33. The third kappa shape index (κ3) is 4.81. The highest BCUT2D eigenvalue weighted by Crippen LogP contribution is 2.32. The summed E-state index contributed by atoms with van der Waals surface area (Å²) in [6.07, 6.45) is 0. The first-order chi connectivity index (χ1) is 14.4. The third-order valence-electron chi connectivity index (χ3n) is 4.76. The van der Waals surface area contributed by atoms with Crippen molar-refractivity contribution in [2.24, 2.45) is 0 Å². The molecule has 1 N–H and O–H groups in total. The largest absolute Gasteiger partial charge is 0.496 e. The molecule has 30 heavy (non-hydrogen) atoms. The third-order valence-corrected chi connectivity index (χ3v) is 5.84. The predicted molar refractivity (Wildman–Crippen MR) is 116 cm³/mol. The number of carbonyl (C=O) groups is 1. The summed E-state index contributed by atoms with van der Waals surface area (Å²) in [5.74, 6) is 0.993. The van der Waals surface area contributed by atoms with E-state index in [0.29, 0.717) is 17.5 Å². The van der Waals surface area contributed by atoms with Gasteiger partial charge in [-0.1, -0.05) is 36.0 Å². The molecule has 6 nitrogen and oxygen atoms in total. The summed E-state index contributed by atoms with van der Waals surface area (Å²) >= 11 is 1.35. The van der Waals surface area contributed by atoms with Crippen LogP contribution in [0.3, 0.4) is 0 Å². The van der Waals surface area contributed by atoms with Gasteiger partial charge in [-0.15, -0.1) is 10.2 Å². The van der Waals surface area contributed by atoms with Gasteiger partial charge in [-0.3, -0.25) is 4.79 Å². The van der Waals surface area contributed by atoms with Crippen LogP contribution in [0, 0.1) is 5.82 Å². The maximum atomic E-state index is 13.1. The van der Waals surface area contributed by atoms with Crippen molar-refractivity contribution in [2.75, 3.05) is 7.11 Å². The fourth-order valence-electron chi connectivity index (χ4n) is 3.07. The van der Waals surface area contributed by atoms with Gasteiger partial charge in [0, 0.05) is 6.54 Å². The fraction of sp³-hybridized carbons (Fsp3) is 0.318. The number of carbonyl (C=O) groups excluding carboxylic acids is 1. The summed E-state index contributed by atoms with van der Waals surface area (Å²) in [7, 11) is 1.62. The van der Waals surface area contributed by atoms with Crippen LogP contribution in [0.4, 0.5) is 4.39 Å². The molecule has 1 aromatic heterocycles. The van der Waals surface area contributed by atoms with Crippen molar-refractivity contribution in [3.8, 4) is 17.1 Å². The van der Waals surface area contributed by atoms with Crippen LogP contribution in [0.1, 0.15) is 32.4 Å². The average molecular weight is 429 g/mol. The Bertz CT molecular complexity index is 1010. The lowest BCUT2D eigenvalue weighted by Gasteiger charge is -2.18. The SMILES string of the molecule is CCn1c(SC(C)C(=O)NC(C)c2ccc(F)cc2)nnc1-c1ccccc1OC. The lowest BCUT2D eigenvalue weighted by atomic mass is 10.1. The van der Waals surface area contributed by atoms with Gasteiger partial charge in [-0.25, -0.2) is 4.39 Å². The van der Waals surface area contributed by atoms with Gasteiger partial charge in [-0.2, -0.15) is 0 Å². The molecule has 0 saturated heterocycles. The molecule has 0 fully saturated rings. The monoisotopic (exact) mass is 428 g/mol. The van der Waals surface area contributed by atoms with Crippen LogP contribution in [0.25, 0.3) is 11.4 Å². The standard InChI is InChI=1S/C22H25FN4O2S/c1-5-27-20(18-8-6-7-9-19(18)29-4)25-26-22(27)30-15(3)21(28)24-14(2)16-10-12-17(23)13-11-16/h6-15H,5H2,1-4H3,(H,24,28). The Balaban J connectivity index is 1.73. The minimum Gasteiger partial charge on any atom is -0.496 e. The molecule has 0 aliphatic rings. The van der Waals surface area contributed by atoms with Gasteiger partial charge in [0.2, 0.25) is 5.91 Å². The summed E-state index contributed by atoms with van der Waals surface area (Å²) in [5, 5.41) is 11.9. The van der Waals surface area contributed by atoms with E-state index in [1.807, 2.05) is 49.6 Å². The summed E-state index contributed by atoms with van der Waals surface area (Å²) in [6, 6.07) is 13.5. The van der Waals surface area contributed by atoms with Gasteiger partial charge in [0.05, 0.1) is 24.0 Å². The second kappa shape index (κ2) is 9.75. The zero-order valence-electron chi connectivity index (χ0n) is 17.4. The number of hydrogen-bond donors (Lipinski definition) is 1. The number of halogens is 1. The second-order valence-corrected chi connectivity index (χ2v) is 8.10. The van der Waals surface area contributed by atoms with Crippen LogP contribution in [0.5, 0.6) is 5.75 Å². The van der Waals surface area contributed by atoms with Crippen LogP contribution < -0.4 is 10.1 Å². The van der Waals surface area contributed by atoms with Crippen LogP contribution in [-0.2, 0) is 11.3 Å². The number of nitrogens with zero attached hydrogens (tertiary/aromatic N) is 3. The Morgan fingerprint density at radius 1 is 1.17 bits per heavy atom. The molecule has 0 radical (unpaired) electrons. The number of para-hydroxylation sites is 1. The fourth-order valence-corrected chi connectivity index (χ4v) is 3.99. The van der Waals surface area contributed by atoms with Crippen molar-refractivity contribution in [3.05, 3.63) is 59.9 Å². The maximum absolute atomic E-state index is 13.1. The zero-order valence-corrected chi connectivity index (χ0v) is 18.2. The molecular formula is C22H25FN4O2S. The molecule has 1 heterocycles. The highest BCUT2D eigenvalue weighted by molar-refractivity contribution is 8.00. The summed E-state index contributed by atoms with van der Waals surface area (Å²) in [5.41, 5.74) is 1.69. The predicted octanol–water partition coefficient (Wildman–Crippen LogP) is 4.47. The van der Waals surface area contributed by atoms with Crippen molar-refractivity contribution in [3.63, 3.8) is 0 Å². The molecule has 2 unspecified atom stereocenters. The van der Waals surface area contributed by atoms with E-state index in [1.54, 1.807) is 19.2 Å². The van der Waals surface area contributed by atoms with Crippen molar-refractivity contribution in [1.29, 1.82) is 0 Å². The minimum absolute atomic E-state index is 0.124. The smallest absolute Gasteiger partial charge is 0.233 e. The van der Waals surface area contributed by atoms with Gasteiger partial charge < -0.3 is 14.6 Å². The van der Waals surface area contributed by atoms with E-state index in [9.17, 15) is 9.18 Å². The van der Waals surface area contributed by atoms with Crippen molar-refractivity contribution in [2.45, 2.75) is 43.8 Å². The summed E-state index contributed by atoms with van der Waals surface area (Å²) in [4.78, 5) is 12.7. The molecule has 0 bridgehead atoms. The topological polar surface area (TPSA) is 69.0 Å². The number of aromatic nitrogens is 3. The van der Waals surface area contributed by atoms with Crippen LogP contribution in [0.2, 0.25) is 0 Å². The van der Waals surface area contributed by atoms with Crippen molar-refractivity contribution >= 4 is 17.7 Å². The maximum Gasteiger partial charge on any atom is 0.233 e. The van der Waals surface area contributed by atoms with E-state index >= 15 is 0 Å². The first-order valence-corrected chi connectivity index (χ1v) is 10.6. The molecule has 158 valence electrons. The van der Waals surface area contributed by atoms with E-state index < -0.39 is 0 Å².